The van der Waals surface area contributed by atoms with Crippen molar-refractivity contribution in [2.45, 2.75) is 52.1 Å². The first-order valence-electron chi connectivity index (χ1n) is 6.57. The Labute approximate surface area is 117 Å². The lowest BCUT2D eigenvalue weighted by atomic mass is 9.79. The van der Waals surface area contributed by atoms with Crippen molar-refractivity contribution in [1.29, 1.82) is 0 Å². The van der Waals surface area contributed by atoms with Gasteiger partial charge in [0.05, 0.1) is 0 Å². The van der Waals surface area contributed by atoms with Crippen LogP contribution in [0.1, 0.15) is 51.0 Å². The maximum atomic E-state index is 3.79. The maximum Gasteiger partial charge on any atom is 0.0399 e. The summed E-state index contributed by atoms with van der Waals surface area (Å²) in [5.41, 5.74) is 0. The number of hydrogen-bond donors (Lipinski definition) is 1. The van der Waals surface area contributed by atoms with Crippen LogP contribution in [0.5, 0.6) is 0 Å². The van der Waals surface area contributed by atoms with Gasteiger partial charge >= 0.3 is 0 Å². The Kier molecular flexibility index (Phi) is 4.67. The van der Waals surface area contributed by atoms with Gasteiger partial charge in [0.1, 0.15) is 0 Å². The zero-order valence-electron chi connectivity index (χ0n) is 10.9. The second kappa shape index (κ2) is 5.85. The van der Waals surface area contributed by atoms with Gasteiger partial charge in [-0.05, 0) is 65.4 Å². The minimum absolute atomic E-state index is 0.468. The summed E-state index contributed by atoms with van der Waals surface area (Å²) < 4.78 is 1.25. The van der Waals surface area contributed by atoms with Crippen molar-refractivity contribution >= 4 is 27.3 Å². The zero-order chi connectivity index (χ0) is 12.4. The highest BCUT2D eigenvalue weighted by Crippen LogP contribution is 2.33. The van der Waals surface area contributed by atoms with Crippen LogP contribution in [0.4, 0.5) is 0 Å². The molecule has 3 heteroatoms. The topological polar surface area (TPSA) is 12.0 Å². The monoisotopic (exact) mass is 315 g/mol. The quantitative estimate of drug-likeness (QED) is 0.829. The van der Waals surface area contributed by atoms with Gasteiger partial charge in [-0.3, -0.25) is 0 Å². The normalized spacial score (nSPS) is 31.4. The van der Waals surface area contributed by atoms with E-state index >= 15 is 0 Å². The minimum Gasteiger partial charge on any atom is -0.307 e. The minimum atomic E-state index is 0.468. The molecule has 1 nitrogen and oxygen atoms in total. The Balaban J connectivity index is 1.91. The van der Waals surface area contributed by atoms with Crippen LogP contribution < -0.4 is 5.32 Å². The Bertz CT molecular complexity index is 363. The number of thiophene rings is 1. The average molecular weight is 316 g/mol. The van der Waals surface area contributed by atoms with E-state index in [4.69, 9.17) is 0 Å². The molecule has 0 amide bonds. The number of hydrogen-bond acceptors (Lipinski definition) is 2. The third-order valence-electron chi connectivity index (χ3n) is 4.12. The van der Waals surface area contributed by atoms with Crippen LogP contribution in [0.2, 0.25) is 0 Å². The fourth-order valence-electron chi connectivity index (χ4n) is 2.74. The van der Waals surface area contributed by atoms with E-state index in [1.165, 1.54) is 28.6 Å². The molecule has 1 aromatic heterocycles. The smallest absolute Gasteiger partial charge is 0.0399 e. The Morgan fingerprint density at radius 3 is 2.71 bits per heavy atom. The maximum absolute atomic E-state index is 3.79. The van der Waals surface area contributed by atoms with Crippen LogP contribution in [-0.2, 0) is 0 Å². The summed E-state index contributed by atoms with van der Waals surface area (Å²) in [5, 5.41) is 5.95. The summed E-state index contributed by atoms with van der Waals surface area (Å²) in [6.45, 7) is 7.06. The van der Waals surface area contributed by atoms with Crippen molar-refractivity contribution in [2.24, 2.45) is 11.8 Å². The molecule has 1 heterocycles. The van der Waals surface area contributed by atoms with E-state index in [0.717, 1.165) is 11.8 Å². The van der Waals surface area contributed by atoms with E-state index in [-0.39, 0.29) is 0 Å². The van der Waals surface area contributed by atoms with Crippen LogP contribution in [-0.4, -0.2) is 6.04 Å². The summed E-state index contributed by atoms with van der Waals surface area (Å²) in [5.74, 6) is 1.76. The molecule has 1 N–H and O–H groups in total. The van der Waals surface area contributed by atoms with E-state index in [0.29, 0.717) is 12.1 Å². The molecule has 4 unspecified atom stereocenters. The highest BCUT2D eigenvalue weighted by Gasteiger charge is 2.25. The number of nitrogens with one attached hydrogen (secondary N) is 1. The van der Waals surface area contributed by atoms with Gasteiger partial charge in [-0.2, -0.15) is 0 Å². The van der Waals surface area contributed by atoms with E-state index in [1.807, 2.05) is 11.3 Å². The molecule has 0 aromatic carbocycles. The van der Waals surface area contributed by atoms with Crippen molar-refractivity contribution in [1.82, 2.24) is 5.32 Å². The van der Waals surface area contributed by atoms with Crippen molar-refractivity contribution in [3.63, 3.8) is 0 Å². The fourth-order valence-corrected chi connectivity index (χ4v) is 4.48. The molecule has 0 radical (unpaired) electrons. The van der Waals surface area contributed by atoms with Gasteiger partial charge in [0, 0.05) is 21.4 Å². The Morgan fingerprint density at radius 2 is 2.12 bits per heavy atom. The van der Waals surface area contributed by atoms with Crippen LogP contribution in [0.3, 0.4) is 0 Å². The second-order valence-electron chi connectivity index (χ2n) is 5.49. The molecule has 0 bridgehead atoms. The third kappa shape index (κ3) is 3.33. The zero-order valence-corrected chi connectivity index (χ0v) is 13.3. The van der Waals surface area contributed by atoms with Crippen molar-refractivity contribution in [3.8, 4) is 0 Å². The molecule has 1 saturated carbocycles. The van der Waals surface area contributed by atoms with Gasteiger partial charge in [-0.1, -0.05) is 13.8 Å². The molecule has 1 aliphatic rings. The molecular weight excluding hydrogens is 294 g/mol. The first-order valence-corrected chi connectivity index (χ1v) is 8.24. The summed E-state index contributed by atoms with van der Waals surface area (Å²) in [4.78, 5) is 1.43. The lowest BCUT2D eigenvalue weighted by molar-refractivity contribution is 0.218. The molecule has 1 fully saturated rings. The molecule has 1 aliphatic carbocycles. The lowest BCUT2D eigenvalue weighted by Gasteiger charge is -2.34. The predicted octanol–water partition coefficient (Wildman–Crippen LogP) is 4.99. The van der Waals surface area contributed by atoms with E-state index in [9.17, 15) is 0 Å². The summed E-state index contributed by atoms with van der Waals surface area (Å²) in [6.07, 6.45) is 4.03. The lowest BCUT2D eigenvalue weighted by Crippen LogP contribution is -2.37. The Hall–Kier alpha value is 0.140. The van der Waals surface area contributed by atoms with Gasteiger partial charge in [0.2, 0.25) is 0 Å². The highest BCUT2D eigenvalue weighted by molar-refractivity contribution is 9.10. The average Bonchev–Trinajstić information content (AvgIpc) is 2.70. The fraction of sp³-hybridized carbons (Fsp3) is 0.714. The molecule has 2 rings (SSSR count). The molecule has 17 heavy (non-hydrogen) atoms. The van der Waals surface area contributed by atoms with Gasteiger partial charge in [0.15, 0.2) is 0 Å². The third-order valence-corrected chi connectivity index (χ3v) is 6.18. The summed E-state index contributed by atoms with van der Waals surface area (Å²) in [7, 11) is 0. The molecule has 0 saturated heterocycles. The van der Waals surface area contributed by atoms with E-state index in [2.05, 4.69) is 53.5 Å². The molecule has 1 aromatic rings. The largest absolute Gasteiger partial charge is 0.307 e. The SMILES string of the molecule is CC(NC1CCC(C)C(C)C1)c1sccc1Br. The number of rotatable bonds is 3. The predicted molar refractivity (Wildman–Crippen MR) is 79.5 cm³/mol. The molecule has 0 spiro atoms. The van der Waals surface area contributed by atoms with Crippen molar-refractivity contribution in [3.05, 3.63) is 20.8 Å². The number of halogens is 1. The molecular formula is C14H22BrNS. The van der Waals surface area contributed by atoms with Crippen molar-refractivity contribution in [2.75, 3.05) is 0 Å². The summed E-state index contributed by atoms with van der Waals surface area (Å²) >= 11 is 5.46. The van der Waals surface area contributed by atoms with E-state index in [1.54, 1.807) is 0 Å². The van der Waals surface area contributed by atoms with Gasteiger partial charge < -0.3 is 5.32 Å². The first-order chi connectivity index (χ1) is 8.08. The van der Waals surface area contributed by atoms with Gasteiger partial charge in [-0.15, -0.1) is 11.3 Å². The van der Waals surface area contributed by atoms with Gasteiger partial charge in [0.25, 0.3) is 0 Å². The second-order valence-corrected chi connectivity index (χ2v) is 7.29. The van der Waals surface area contributed by atoms with Gasteiger partial charge in [-0.25, -0.2) is 0 Å². The molecule has 96 valence electrons. The highest BCUT2D eigenvalue weighted by atomic mass is 79.9. The van der Waals surface area contributed by atoms with Crippen LogP contribution in [0.15, 0.2) is 15.9 Å². The van der Waals surface area contributed by atoms with Crippen molar-refractivity contribution < 1.29 is 0 Å². The van der Waals surface area contributed by atoms with E-state index < -0.39 is 0 Å². The standard InChI is InChI=1S/C14H22BrNS/c1-9-4-5-12(8-10(9)2)16-11(3)14-13(15)6-7-17-14/h6-7,9-12,16H,4-5,8H2,1-3H3. The van der Waals surface area contributed by atoms with Crippen LogP contribution in [0, 0.1) is 11.8 Å². The Morgan fingerprint density at radius 1 is 1.35 bits per heavy atom. The molecule has 4 atom stereocenters. The van der Waals surface area contributed by atoms with Crippen LogP contribution in [0.25, 0.3) is 0 Å². The first kappa shape index (κ1) is 13.6. The summed E-state index contributed by atoms with van der Waals surface area (Å²) in [6, 6.07) is 3.31. The van der Waals surface area contributed by atoms with Crippen LogP contribution >= 0.6 is 27.3 Å². The molecule has 0 aliphatic heterocycles.